The van der Waals surface area contributed by atoms with Crippen LogP contribution in [-0.2, 0) is 30.4 Å². The van der Waals surface area contributed by atoms with Gasteiger partial charge in [-0.25, -0.2) is 9.59 Å². The van der Waals surface area contributed by atoms with Crippen LogP contribution in [0.2, 0.25) is 0 Å². The zero-order valence-electron chi connectivity index (χ0n) is 21.9. The Hall–Kier alpha value is -3.30. The molecule has 36 heavy (non-hydrogen) atoms. The number of alkyl carbamates (subject to hydrolysis) is 2. The van der Waals surface area contributed by atoms with Gasteiger partial charge in [0, 0.05) is 19.5 Å². The SMILES string of the molecule is CCOC(=O)CCCCNC(=O)C(CCCCNC(=O)OC(C)(C)C)NC(=O)OCc1ccccc1. The summed E-state index contributed by atoms with van der Waals surface area (Å²) in [5.41, 5.74) is 0.261. The maximum absolute atomic E-state index is 12.7. The second kappa shape index (κ2) is 17.2. The number of ether oxygens (including phenoxy) is 3. The van der Waals surface area contributed by atoms with Crippen LogP contribution in [0.1, 0.15) is 71.8 Å². The monoisotopic (exact) mass is 507 g/mol. The van der Waals surface area contributed by atoms with Gasteiger partial charge < -0.3 is 30.2 Å². The molecule has 0 spiro atoms. The smallest absolute Gasteiger partial charge is 0.408 e. The number of carbonyl (C=O) groups is 4. The van der Waals surface area contributed by atoms with Crippen LogP contribution in [0.15, 0.2) is 30.3 Å². The third-order valence-corrected chi connectivity index (χ3v) is 4.82. The summed E-state index contributed by atoms with van der Waals surface area (Å²) < 4.78 is 15.3. The molecule has 1 rings (SSSR count). The standard InChI is InChI=1S/C26H41N3O7/c1-5-34-22(30)16-10-12-17-27-23(31)21(15-9-11-18-28-24(32)36-26(2,3)4)29-25(33)35-19-20-13-7-6-8-14-20/h6-8,13-14,21H,5,9-12,15-19H2,1-4H3,(H,27,31)(H,28,32)(H,29,33). The fourth-order valence-electron chi connectivity index (χ4n) is 3.12. The van der Waals surface area contributed by atoms with E-state index in [0.717, 1.165) is 5.56 Å². The molecule has 0 aromatic heterocycles. The van der Waals surface area contributed by atoms with E-state index in [2.05, 4.69) is 16.0 Å². The molecule has 1 unspecified atom stereocenters. The minimum Gasteiger partial charge on any atom is -0.466 e. The number of unbranched alkanes of at least 4 members (excludes halogenated alkanes) is 2. The maximum atomic E-state index is 12.7. The van der Waals surface area contributed by atoms with Crippen LogP contribution in [0.4, 0.5) is 9.59 Å². The number of benzene rings is 1. The van der Waals surface area contributed by atoms with Crippen molar-refractivity contribution < 1.29 is 33.4 Å². The van der Waals surface area contributed by atoms with E-state index in [-0.39, 0.29) is 18.5 Å². The highest BCUT2D eigenvalue weighted by Gasteiger charge is 2.21. The molecule has 0 saturated heterocycles. The molecule has 0 saturated carbocycles. The Kier molecular flexibility index (Phi) is 14.7. The summed E-state index contributed by atoms with van der Waals surface area (Å²) in [6.45, 7) is 8.31. The van der Waals surface area contributed by atoms with Gasteiger partial charge in [0.05, 0.1) is 6.61 Å². The molecule has 1 aromatic rings. The molecule has 0 aliphatic heterocycles. The van der Waals surface area contributed by atoms with Crippen LogP contribution in [0.3, 0.4) is 0 Å². The third kappa shape index (κ3) is 15.6. The molecule has 0 heterocycles. The summed E-state index contributed by atoms with van der Waals surface area (Å²) in [7, 11) is 0. The number of esters is 1. The van der Waals surface area contributed by atoms with Crippen molar-refractivity contribution >= 4 is 24.1 Å². The fraction of sp³-hybridized carbons (Fsp3) is 0.615. The zero-order chi connectivity index (χ0) is 26.8. The molecule has 3 amide bonds. The van der Waals surface area contributed by atoms with Crippen molar-refractivity contribution in [1.29, 1.82) is 0 Å². The minimum atomic E-state index is -0.792. The van der Waals surface area contributed by atoms with Crippen LogP contribution < -0.4 is 16.0 Å². The van der Waals surface area contributed by atoms with Crippen molar-refractivity contribution in [1.82, 2.24) is 16.0 Å². The van der Waals surface area contributed by atoms with Crippen molar-refractivity contribution in [2.24, 2.45) is 0 Å². The summed E-state index contributed by atoms with van der Waals surface area (Å²) in [6, 6.07) is 8.45. The van der Waals surface area contributed by atoms with Gasteiger partial charge in [-0.3, -0.25) is 9.59 Å². The number of nitrogens with one attached hydrogen (secondary N) is 3. The number of hydrogen-bond donors (Lipinski definition) is 3. The number of amides is 3. The Balaban J connectivity index is 2.48. The predicted octanol–water partition coefficient (Wildman–Crippen LogP) is 3.83. The molecule has 1 atom stereocenters. The molecule has 0 fully saturated rings. The minimum absolute atomic E-state index is 0.0919. The first-order valence-electron chi connectivity index (χ1n) is 12.5. The molecule has 3 N–H and O–H groups in total. The van der Waals surface area contributed by atoms with E-state index >= 15 is 0 Å². The Bertz CT molecular complexity index is 810. The summed E-state index contributed by atoms with van der Waals surface area (Å²) in [4.78, 5) is 48.2. The van der Waals surface area contributed by atoms with Crippen molar-refractivity contribution in [3.05, 3.63) is 35.9 Å². The normalized spacial score (nSPS) is 11.7. The highest BCUT2D eigenvalue weighted by molar-refractivity contribution is 5.85. The van der Waals surface area contributed by atoms with E-state index in [0.29, 0.717) is 58.2 Å². The number of rotatable bonds is 15. The second-order valence-electron chi connectivity index (χ2n) is 9.24. The Morgan fingerprint density at radius 3 is 2.19 bits per heavy atom. The Labute approximate surface area is 213 Å². The number of carbonyl (C=O) groups excluding carboxylic acids is 4. The molecule has 0 radical (unpaired) electrons. The molecule has 10 nitrogen and oxygen atoms in total. The van der Waals surface area contributed by atoms with Crippen LogP contribution >= 0.6 is 0 Å². The Morgan fingerprint density at radius 1 is 0.861 bits per heavy atom. The average molecular weight is 508 g/mol. The maximum Gasteiger partial charge on any atom is 0.408 e. The van der Waals surface area contributed by atoms with Crippen LogP contribution in [0, 0.1) is 0 Å². The summed E-state index contributed by atoms with van der Waals surface area (Å²) in [5, 5.41) is 8.11. The van der Waals surface area contributed by atoms with E-state index in [1.165, 1.54) is 0 Å². The van der Waals surface area contributed by atoms with Gasteiger partial charge in [-0.05, 0) is 65.4 Å². The summed E-state index contributed by atoms with van der Waals surface area (Å²) >= 11 is 0. The largest absolute Gasteiger partial charge is 0.466 e. The number of hydrogen-bond acceptors (Lipinski definition) is 7. The van der Waals surface area contributed by atoms with Gasteiger partial charge in [-0.1, -0.05) is 30.3 Å². The summed E-state index contributed by atoms with van der Waals surface area (Å²) in [6.07, 6.45) is 1.85. The van der Waals surface area contributed by atoms with E-state index in [9.17, 15) is 19.2 Å². The van der Waals surface area contributed by atoms with Gasteiger partial charge in [0.2, 0.25) is 5.91 Å². The summed E-state index contributed by atoms with van der Waals surface area (Å²) in [5.74, 6) is -0.590. The van der Waals surface area contributed by atoms with Gasteiger partial charge in [-0.15, -0.1) is 0 Å². The highest BCUT2D eigenvalue weighted by Crippen LogP contribution is 2.07. The molecule has 10 heteroatoms. The first-order chi connectivity index (χ1) is 17.1. The molecular formula is C26H41N3O7. The average Bonchev–Trinajstić information content (AvgIpc) is 2.81. The van der Waals surface area contributed by atoms with Crippen LogP contribution in [0.25, 0.3) is 0 Å². The van der Waals surface area contributed by atoms with Crippen LogP contribution in [0.5, 0.6) is 0 Å². The second-order valence-corrected chi connectivity index (χ2v) is 9.24. The van der Waals surface area contributed by atoms with Crippen molar-refractivity contribution in [3.63, 3.8) is 0 Å². The zero-order valence-corrected chi connectivity index (χ0v) is 21.9. The molecule has 202 valence electrons. The third-order valence-electron chi connectivity index (χ3n) is 4.82. The van der Waals surface area contributed by atoms with Crippen molar-refractivity contribution in [3.8, 4) is 0 Å². The molecule has 0 aliphatic rings. The quantitative estimate of drug-likeness (QED) is 0.187. The molecule has 0 aliphatic carbocycles. The molecular weight excluding hydrogens is 466 g/mol. The van der Waals surface area contributed by atoms with Gasteiger partial charge in [0.25, 0.3) is 0 Å². The topological polar surface area (TPSA) is 132 Å². The first-order valence-corrected chi connectivity index (χ1v) is 12.5. The van der Waals surface area contributed by atoms with E-state index in [1.54, 1.807) is 27.7 Å². The van der Waals surface area contributed by atoms with Crippen molar-refractivity contribution in [2.75, 3.05) is 19.7 Å². The van der Waals surface area contributed by atoms with Gasteiger partial charge >= 0.3 is 18.2 Å². The lowest BCUT2D eigenvalue weighted by Crippen LogP contribution is -2.47. The van der Waals surface area contributed by atoms with E-state index < -0.39 is 23.8 Å². The lowest BCUT2D eigenvalue weighted by molar-refractivity contribution is -0.143. The van der Waals surface area contributed by atoms with E-state index in [4.69, 9.17) is 14.2 Å². The lowest BCUT2D eigenvalue weighted by Gasteiger charge is -2.20. The van der Waals surface area contributed by atoms with Gasteiger partial charge in [0.1, 0.15) is 18.2 Å². The van der Waals surface area contributed by atoms with Gasteiger partial charge in [-0.2, -0.15) is 0 Å². The first kappa shape index (κ1) is 30.7. The highest BCUT2D eigenvalue weighted by atomic mass is 16.6. The van der Waals surface area contributed by atoms with E-state index in [1.807, 2.05) is 30.3 Å². The Morgan fingerprint density at radius 2 is 1.53 bits per heavy atom. The van der Waals surface area contributed by atoms with Crippen molar-refractivity contribution in [2.45, 2.75) is 84.5 Å². The van der Waals surface area contributed by atoms with Crippen LogP contribution in [-0.4, -0.2) is 55.4 Å². The van der Waals surface area contributed by atoms with Gasteiger partial charge in [0.15, 0.2) is 0 Å². The molecule has 0 bridgehead atoms. The predicted molar refractivity (Wildman–Crippen MR) is 135 cm³/mol. The fourth-order valence-corrected chi connectivity index (χ4v) is 3.12. The molecule has 1 aromatic carbocycles. The lowest BCUT2D eigenvalue weighted by atomic mass is 10.1.